The lowest BCUT2D eigenvalue weighted by Gasteiger charge is -2.21. The molecule has 0 aliphatic carbocycles. The highest BCUT2D eigenvalue weighted by molar-refractivity contribution is 14.0. The van der Waals surface area contributed by atoms with Crippen LogP contribution < -0.4 is 14.8 Å². The van der Waals surface area contributed by atoms with Gasteiger partial charge in [0.25, 0.3) is 0 Å². The molecule has 0 spiro atoms. The van der Waals surface area contributed by atoms with E-state index in [1.165, 1.54) is 0 Å². The Kier molecular flexibility index (Phi) is 10.7. The zero-order valence-electron chi connectivity index (χ0n) is 18.9. The van der Waals surface area contributed by atoms with Gasteiger partial charge in [-0.05, 0) is 38.5 Å². The third-order valence-electron chi connectivity index (χ3n) is 4.33. The molecule has 1 aromatic carbocycles. The number of guanidine groups is 1. The molecule has 0 amide bonds. The third-order valence-corrected chi connectivity index (χ3v) is 5.16. The van der Waals surface area contributed by atoms with Crippen LogP contribution in [0.1, 0.15) is 30.1 Å². The van der Waals surface area contributed by atoms with Crippen LogP contribution in [-0.4, -0.2) is 41.0 Å². The Morgan fingerprint density at radius 2 is 1.94 bits per heavy atom. The van der Waals surface area contributed by atoms with E-state index in [0.29, 0.717) is 37.1 Å². The van der Waals surface area contributed by atoms with Gasteiger partial charge in [-0.15, -0.1) is 35.3 Å². The number of ether oxygens (including phenoxy) is 2. The highest BCUT2D eigenvalue weighted by atomic mass is 127. The van der Waals surface area contributed by atoms with Crippen LogP contribution >= 0.6 is 35.3 Å². The van der Waals surface area contributed by atoms with Crippen LogP contribution in [0.3, 0.4) is 0 Å². The van der Waals surface area contributed by atoms with Crippen LogP contribution in [0, 0.1) is 6.92 Å². The summed E-state index contributed by atoms with van der Waals surface area (Å²) >= 11 is 1.66. The van der Waals surface area contributed by atoms with Crippen LogP contribution in [-0.2, 0) is 13.1 Å². The number of thiazole rings is 1. The number of nitrogens with one attached hydrogen (secondary N) is 1. The Morgan fingerprint density at radius 1 is 1.16 bits per heavy atom. The van der Waals surface area contributed by atoms with Crippen LogP contribution in [0.25, 0.3) is 0 Å². The van der Waals surface area contributed by atoms with Gasteiger partial charge in [-0.2, -0.15) is 0 Å². The fraction of sp³-hybridized carbons (Fsp3) is 0.348. The van der Waals surface area contributed by atoms with Crippen LogP contribution in [0.5, 0.6) is 17.4 Å². The number of benzene rings is 1. The van der Waals surface area contributed by atoms with Crippen LogP contribution in [0.4, 0.5) is 0 Å². The van der Waals surface area contributed by atoms with Crippen molar-refractivity contribution in [2.75, 3.05) is 20.2 Å². The van der Waals surface area contributed by atoms with Crippen molar-refractivity contribution < 1.29 is 9.47 Å². The number of aromatic nitrogens is 2. The highest BCUT2D eigenvalue weighted by Crippen LogP contribution is 2.30. The van der Waals surface area contributed by atoms with Crippen molar-refractivity contribution in [2.45, 2.75) is 33.9 Å². The zero-order valence-corrected chi connectivity index (χ0v) is 22.0. The summed E-state index contributed by atoms with van der Waals surface area (Å²) < 4.78 is 11.5. The topological polar surface area (TPSA) is 71.9 Å². The first-order valence-corrected chi connectivity index (χ1v) is 11.2. The molecule has 3 rings (SSSR count). The second-order valence-electron chi connectivity index (χ2n) is 6.87. The number of rotatable bonds is 9. The molecule has 32 heavy (non-hydrogen) atoms. The standard InChI is InChI=1S/C23H29N5O2S.HI/c1-5-24-23(28(4)15-19-16-31-17(3)27-19)26-14-18-11-12-22(25-13-18)30-21-10-8-7-9-20(21)29-6-2;/h7-13,16H,5-6,14-15H2,1-4H3,(H,24,26);1H. The summed E-state index contributed by atoms with van der Waals surface area (Å²) in [7, 11) is 2.02. The highest BCUT2D eigenvalue weighted by Gasteiger charge is 2.09. The third kappa shape index (κ3) is 7.63. The summed E-state index contributed by atoms with van der Waals surface area (Å²) in [5.41, 5.74) is 2.05. The van der Waals surface area contributed by atoms with Gasteiger partial charge < -0.3 is 19.7 Å². The van der Waals surface area contributed by atoms with Gasteiger partial charge in [0, 0.05) is 31.2 Å². The fourth-order valence-electron chi connectivity index (χ4n) is 2.92. The molecule has 172 valence electrons. The number of hydrogen-bond acceptors (Lipinski definition) is 6. The summed E-state index contributed by atoms with van der Waals surface area (Å²) in [5, 5.41) is 6.49. The van der Waals surface area contributed by atoms with E-state index in [9.17, 15) is 0 Å². The SMILES string of the molecule is CCNC(=NCc1ccc(Oc2ccccc2OCC)nc1)N(C)Cc1csc(C)n1.I. The number of pyridine rings is 1. The second-order valence-corrected chi connectivity index (χ2v) is 7.93. The molecule has 9 heteroatoms. The molecular weight excluding hydrogens is 537 g/mol. The molecule has 0 fully saturated rings. The lowest BCUT2D eigenvalue weighted by Crippen LogP contribution is -2.38. The molecule has 0 saturated heterocycles. The van der Waals surface area contributed by atoms with Crippen molar-refractivity contribution in [1.82, 2.24) is 20.2 Å². The summed E-state index contributed by atoms with van der Waals surface area (Å²) in [6.45, 7) is 8.62. The number of aliphatic imine (C=N–C) groups is 1. The minimum absolute atomic E-state index is 0. The Balaban J connectivity index is 0.00000363. The second kappa shape index (κ2) is 13.2. The van der Waals surface area contributed by atoms with Gasteiger partial charge in [0.15, 0.2) is 17.5 Å². The number of para-hydroxylation sites is 2. The number of aryl methyl sites for hydroxylation is 1. The lowest BCUT2D eigenvalue weighted by atomic mass is 10.3. The molecule has 2 aromatic heterocycles. The van der Waals surface area contributed by atoms with E-state index in [4.69, 9.17) is 14.5 Å². The molecule has 0 unspecified atom stereocenters. The van der Waals surface area contributed by atoms with Gasteiger partial charge in [0.1, 0.15) is 0 Å². The Bertz CT molecular complexity index is 994. The zero-order chi connectivity index (χ0) is 22.1. The Hall–Kier alpha value is -2.40. The van der Waals surface area contributed by atoms with E-state index in [1.54, 1.807) is 17.5 Å². The summed E-state index contributed by atoms with van der Waals surface area (Å²) in [6, 6.07) is 11.4. The molecule has 0 atom stereocenters. The Morgan fingerprint density at radius 3 is 2.56 bits per heavy atom. The van der Waals surface area contributed by atoms with Crippen molar-refractivity contribution in [1.29, 1.82) is 0 Å². The lowest BCUT2D eigenvalue weighted by molar-refractivity contribution is 0.319. The maximum absolute atomic E-state index is 5.89. The molecule has 3 aromatic rings. The minimum Gasteiger partial charge on any atom is -0.490 e. The molecular formula is C23H30IN5O2S. The predicted octanol–water partition coefficient (Wildman–Crippen LogP) is 5.25. The van der Waals surface area contributed by atoms with E-state index in [-0.39, 0.29) is 24.0 Å². The average Bonchev–Trinajstić information content (AvgIpc) is 3.18. The van der Waals surface area contributed by atoms with Crippen molar-refractivity contribution in [2.24, 2.45) is 4.99 Å². The molecule has 2 heterocycles. The molecule has 0 saturated carbocycles. The first-order chi connectivity index (χ1) is 15.1. The molecule has 0 aliphatic rings. The average molecular weight is 567 g/mol. The Labute approximate surface area is 210 Å². The number of nitrogens with zero attached hydrogens (tertiary/aromatic N) is 4. The molecule has 1 N–H and O–H groups in total. The fourth-order valence-corrected chi connectivity index (χ4v) is 3.53. The summed E-state index contributed by atoms with van der Waals surface area (Å²) in [4.78, 5) is 15.8. The molecule has 0 aliphatic heterocycles. The quantitative estimate of drug-likeness (QED) is 0.216. The maximum atomic E-state index is 5.89. The minimum atomic E-state index is 0. The summed E-state index contributed by atoms with van der Waals surface area (Å²) in [6.07, 6.45) is 1.79. The molecule has 7 nitrogen and oxygen atoms in total. The number of halogens is 1. The number of hydrogen-bond donors (Lipinski definition) is 1. The van der Waals surface area contributed by atoms with E-state index in [1.807, 2.05) is 57.3 Å². The smallest absolute Gasteiger partial charge is 0.219 e. The van der Waals surface area contributed by atoms with Gasteiger partial charge in [-0.3, -0.25) is 0 Å². The maximum Gasteiger partial charge on any atom is 0.219 e. The van der Waals surface area contributed by atoms with Gasteiger partial charge >= 0.3 is 0 Å². The van der Waals surface area contributed by atoms with Gasteiger partial charge in [0.2, 0.25) is 5.88 Å². The first-order valence-electron chi connectivity index (χ1n) is 10.3. The van der Waals surface area contributed by atoms with Crippen molar-refractivity contribution >= 4 is 41.3 Å². The largest absolute Gasteiger partial charge is 0.490 e. The molecule has 0 bridgehead atoms. The van der Waals surface area contributed by atoms with Crippen LogP contribution in [0.2, 0.25) is 0 Å². The van der Waals surface area contributed by atoms with Crippen LogP contribution in [0.15, 0.2) is 53.0 Å². The van der Waals surface area contributed by atoms with Crippen molar-refractivity contribution in [3.63, 3.8) is 0 Å². The summed E-state index contributed by atoms with van der Waals surface area (Å²) in [5.74, 6) is 2.70. The van der Waals surface area contributed by atoms with Crippen molar-refractivity contribution in [3.05, 3.63) is 64.2 Å². The van der Waals surface area contributed by atoms with Gasteiger partial charge in [-0.1, -0.05) is 18.2 Å². The first kappa shape index (κ1) is 25.9. The van der Waals surface area contributed by atoms with E-state index in [2.05, 4.69) is 32.5 Å². The molecule has 0 radical (unpaired) electrons. The predicted molar refractivity (Wildman–Crippen MR) is 140 cm³/mol. The van der Waals surface area contributed by atoms with E-state index < -0.39 is 0 Å². The monoisotopic (exact) mass is 567 g/mol. The van der Waals surface area contributed by atoms with E-state index in [0.717, 1.165) is 28.8 Å². The normalized spacial score (nSPS) is 10.9. The van der Waals surface area contributed by atoms with E-state index >= 15 is 0 Å². The van der Waals surface area contributed by atoms with Crippen molar-refractivity contribution in [3.8, 4) is 17.4 Å². The van der Waals surface area contributed by atoms with Gasteiger partial charge in [0.05, 0.1) is 30.4 Å². The van der Waals surface area contributed by atoms with Gasteiger partial charge in [-0.25, -0.2) is 15.0 Å².